The smallest absolute Gasteiger partial charge is 0.224 e. The first-order chi connectivity index (χ1) is 16.0. The van der Waals surface area contributed by atoms with E-state index >= 15 is 0 Å². The van der Waals surface area contributed by atoms with E-state index in [0.717, 1.165) is 37.5 Å². The van der Waals surface area contributed by atoms with Crippen LogP contribution < -0.4 is 15.0 Å². The molecule has 174 valence electrons. The topological polar surface area (TPSA) is 44.8 Å². The Hall–Kier alpha value is -2.90. The second-order valence-electron chi connectivity index (χ2n) is 8.34. The SMILES string of the molecule is COc1ccc(N2CCN([C@@H](c3cccs3)[C@@H](C)NC(=O)Cc3ccc(F)cc3)CC2)cc1. The third-order valence-corrected chi connectivity index (χ3v) is 7.06. The van der Waals surface area contributed by atoms with Gasteiger partial charge in [0.2, 0.25) is 5.91 Å². The quantitative estimate of drug-likeness (QED) is 0.530. The fraction of sp³-hybridized carbons (Fsp3) is 0.346. The highest BCUT2D eigenvalue weighted by Gasteiger charge is 2.31. The molecule has 0 unspecified atom stereocenters. The maximum Gasteiger partial charge on any atom is 0.224 e. The number of hydrogen-bond donors (Lipinski definition) is 1. The van der Waals surface area contributed by atoms with E-state index in [2.05, 4.69) is 51.7 Å². The third-order valence-electron chi connectivity index (χ3n) is 6.12. The number of amides is 1. The minimum Gasteiger partial charge on any atom is -0.497 e. The van der Waals surface area contributed by atoms with Gasteiger partial charge in [0.25, 0.3) is 0 Å². The number of benzene rings is 2. The zero-order valence-electron chi connectivity index (χ0n) is 19.0. The van der Waals surface area contributed by atoms with Crippen molar-refractivity contribution in [3.05, 3.63) is 82.3 Å². The molecule has 33 heavy (non-hydrogen) atoms. The summed E-state index contributed by atoms with van der Waals surface area (Å²) in [5, 5.41) is 5.28. The number of carbonyl (C=O) groups is 1. The Balaban J connectivity index is 1.40. The number of piperazine rings is 1. The third kappa shape index (κ3) is 5.92. The lowest BCUT2D eigenvalue weighted by Crippen LogP contribution is -2.52. The summed E-state index contributed by atoms with van der Waals surface area (Å²) in [4.78, 5) is 18.8. The predicted octanol–water partition coefficient (Wildman–Crippen LogP) is 4.51. The van der Waals surface area contributed by atoms with Crippen molar-refractivity contribution in [1.82, 2.24) is 10.2 Å². The molecule has 1 N–H and O–H groups in total. The first kappa shape index (κ1) is 23.3. The maximum absolute atomic E-state index is 13.2. The molecule has 1 aliphatic rings. The lowest BCUT2D eigenvalue weighted by molar-refractivity contribution is -0.121. The molecule has 0 bridgehead atoms. The number of nitrogens with zero attached hydrogens (tertiary/aromatic N) is 2. The van der Waals surface area contributed by atoms with Gasteiger partial charge in [0.15, 0.2) is 0 Å². The second-order valence-corrected chi connectivity index (χ2v) is 9.32. The van der Waals surface area contributed by atoms with Gasteiger partial charge in [0.05, 0.1) is 19.6 Å². The van der Waals surface area contributed by atoms with E-state index in [4.69, 9.17) is 4.74 Å². The van der Waals surface area contributed by atoms with Crippen molar-refractivity contribution < 1.29 is 13.9 Å². The fourth-order valence-electron chi connectivity index (χ4n) is 4.43. The molecule has 2 atom stereocenters. The summed E-state index contributed by atoms with van der Waals surface area (Å²) in [7, 11) is 1.68. The minimum atomic E-state index is -0.293. The van der Waals surface area contributed by atoms with Crippen LogP contribution in [-0.4, -0.2) is 50.1 Å². The van der Waals surface area contributed by atoms with Crippen LogP contribution in [0.3, 0.4) is 0 Å². The van der Waals surface area contributed by atoms with Gasteiger partial charge in [0.1, 0.15) is 11.6 Å². The molecule has 1 amide bonds. The molecule has 0 radical (unpaired) electrons. The van der Waals surface area contributed by atoms with E-state index in [1.807, 2.05) is 12.1 Å². The van der Waals surface area contributed by atoms with Crippen LogP contribution in [0.2, 0.25) is 0 Å². The predicted molar refractivity (Wildman–Crippen MR) is 132 cm³/mol. The molecule has 4 rings (SSSR count). The van der Waals surface area contributed by atoms with E-state index < -0.39 is 0 Å². The van der Waals surface area contributed by atoms with Gasteiger partial charge in [-0.15, -0.1) is 11.3 Å². The average molecular weight is 468 g/mol. The molecular formula is C26H30FN3O2S. The highest BCUT2D eigenvalue weighted by atomic mass is 32.1. The van der Waals surface area contributed by atoms with Gasteiger partial charge >= 0.3 is 0 Å². The van der Waals surface area contributed by atoms with Gasteiger partial charge in [-0.05, 0) is 60.3 Å². The molecule has 2 aromatic carbocycles. The van der Waals surface area contributed by atoms with Crippen LogP contribution in [0.15, 0.2) is 66.0 Å². The van der Waals surface area contributed by atoms with Crippen LogP contribution in [0.25, 0.3) is 0 Å². The molecule has 3 aromatic rings. The van der Waals surface area contributed by atoms with Crippen molar-refractivity contribution >= 4 is 22.9 Å². The van der Waals surface area contributed by atoms with Crippen molar-refractivity contribution in [1.29, 1.82) is 0 Å². The first-order valence-electron chi connectivity index (χ1n) is 11.2. The molecule has 2 heterocycles. The zero-order valence-corrected chi connectivity index (χ0v) is 19.9. The van der Waals surface area contributed by atoms with Gasteiger partial charge in [-0.25, -0.2) is 4.39 Å². The summed E-state index contributed by atoms with van der Waals surface area (Å²) in [6, 6.07) is 18.6. The number of halogens is 1. The monoisotopic (exact) mass is 467 g/mol. The lowest BCUT2D eigenvalue weighted by atomic mass is 10.0. The Morgan fingerprint density at radius 2 is 1.76 bits per heavy atom. The largest absolute Gasteiger partial charge is 0.497 e. The van der Waals surface area contributed by atoms with E-state index in [1.54, 1.807) is 30.6 Å². The number of carbonyl (C=O) groups excluding carboxylic acids is 1. The molecule has 5 nitrogen and oxygen atoms in total. The Kier molecular flexibility index (Phi) is 7.62. The zero-order chi connectivity index (χ0) is 23.2. The highest BCUT2D eigenvalue weighted by Crippen LogP contribution is 2.30. The molecule has 1 aliphatic heterocycles. The summed E-state index contributed by atoms with van der Waals surface area (Å²) >= 11 is 1.72. The van der Waals surface area contributed by atoms with E-state index in [9.17, 15) is 9.18 Å². The highest BCUT2D eigenvalue weighted by molar-refractivity contribution is 7.10. The van der Waals surface area contributed by atoms with Gasteiger partial charge in [-0.2, -0.15) is 0 Å². The first-order valence-corrected chi connectivity index (χ1v) is 12.1. The lowest BCUT2D eigenvalue weighted by Gasteiger charge is -2.42. The second kappa shape index (κ2) is 10.8. The molecule has 0 saturated carbocycles. The number of methoxy groups -OCH3 is 1. The molecular weight excluding hydrogens is 437 g/mol. The maximum atomic E-state index is 13.2. The van der Waals surface area contributed by atoms with Crippen molar-refractivity contribution in [2.24, 2.45) is 0 Å². The van der Waals surface area contributed by atoms with Crippen molar-refractivity contribution in [3.63, 3.8) is 0 Å². The summed E-state index contributed by atoms with van der Waals surface area (Å²) < 4.78 is 18.4. The Bertz CT molecular complexity index is 1020. The van der Waals surface area contributed by atoms with Gasteiger partial charge in [-0.1, -0.05) is 18.2 Å². The van der Waals surface area contributed by atoms with Gasteiger partial charge in [-0.3, -0.25) is 9.69 Å². The number of thiophene rings is 1. The number of rotatable bonds is 8. The Labute approximate surface area is 198 Å². The average Bonchev–Trinajstić information content (AvgIpc) is 3.35. The van der Waals surface area contributed by atoms with Crippen molar-refractivity contribution in [3.8, 4) is 5.75 Å². The summed E-state index contributed by atoms with van der Waals surface area (Å²) in [5.41, 5.74) is 2.01. The number of anilines is 1. The fourth-order valence-corrected chi connectivity index (χ4v) is 5.39. The minimum absolute atomic E-state index is 0.0486. The molecule has 1 fully saturated rings. The summed E-state index contributed by atoms with van der Waals surface area (Å²) in [6.45, 7) is 5.73. The van der Waals surface area contributed by atoms with Crippen molar-refractivity contribution in [2.45, 2.75) is 25.4 Å². The van der Waals surface area contributed by atoms with E-state index in [0.29, 0.717) is 0 Å². The molecule has 1 aromatic heterocycles. The standard InChI is InChI=1S/C26H30FN3O2S/c1-19(28-25(31)18-20-5-7-21(27)8-6-20)26(24-4-3-17-33-24)30-15-13-29(14-16-30)22-9-11-23(32-2)12-10-22/h3-12,17,19,26H,13-16,18H2,1-2H3,(H,28,31)/t19-,26-/m1/s1. The number of nitrogens with one attached hydrogen (secondary N) is 1. The molecule has 0 spiro atoms. The van der Waals surface area contributed by atoms with Crippen LogP contribution >= 0.6 is 11.3 Å². The molecule has 7 heteroatoms. The van der Waals surface area contributed by atoms with E-state index in [-0.39, 0.29) is 30.2 Å². The molecule has 1 saturated heterocycles. The van der Waals surface area contributed by atoms with Crippen LogP contribution in [0, 0.1) is 5.82 Å². The number of hydrogen-bond acceptors (Lipinski definition) is 5. The summed E-state index contributed by atoms with van der Waals surface area (Å²) in [5.74, 6) is 0.520. The normalized spacial score (nSPS) is 16.3. The molecule has 0 aliphatic carbocycles. The number of ether oxygens (including phenoxy) is 1. The van der Waals surface area contributed by atoms with Gasteiger partial charge < -0.3 is 15.0 Å². The van der Waals surface area contributed by atoms with Gasteiger partial charge in [0, 0.05) is 42.8 Å². The van der Waals surface area contributed by atoms with E-state index in [1.165, 1.54) is 22.7 Å². The van der Waals surface area contributed by atoms with Crippen molar-refractivity contribution in [2.75, 3.05) is 38.2 Å². The Morgan fingerprint density at radius 1 is 1.06 bits per heavy atom. The van der Waals surface area contributed by atoms with Crippen LogP contribution in [-0.2, 0) is 11.2 Å². The van der Waals surface area contributed by atoms with Crippen LogP contribution in [0.4, 0.5) is 10.1 Å². The Morgan fingerprint density at radius 3 is 2.36 bits per heavy atom. The van der Waals surface area contributed by atoms with Crippen LogP contribution in [0.5, 0.6) is 5.75 Å². The van der Waals surface area contributed by atoms with Crippen LogP contribution in [0.1, 0.15) is 23.4 Å². The summed E-state index contributed by atoms with van der Waals surface area (Å²) in [6.07, 6.45) is 0.243.